The topological polar surface area (TPSA) is 50.9 Å². The number of nitrogens with one attached hydrogen (secondary N) is 1. The zero-order valence-corrected chi connectivity index (χ0v) is 12.2. The van der Waals surface area contributed by atoms with Crippen molar-refractivity contribution in [2.45, 2.75) is 58.4 Å². The first-order valence-electron chi connectivity index (χ1n) is 7.51. The average molecular weight is 261 g/mol. The molecule has 1 aliphatic rings. The van der Waals surface area contributed by atoms with Crippen LogP contribution < -0.4 is 11.3 Å². The maximum Gasteiger partial charge on any atom is 0.0307 e. The molecule has 1 saturated carbocycles. The van der Waals surface area contributed by atoms with Gasteiger partial charge in [-0.05, 0) is 48.6 Å². The lowest BCUT2D eigenvalue weighted by atomic mass is 9.71. The molecule has 0 saturated heterocycles. The molecule has 0 aliphatic heterocycles. The summed E-state index contributed by atoms with van der Waals surface area (Å²) in [7, 11) is 0. The number of pyridine rings is 1. The lowest BCUT2D eigenvalue weighted by molar-refractivity contribution is 0.154. The van der Waals surface area contributed by atoms with Gasteiger partial charge in [0.2, 0.25) is 0 Å². The van der Waals surface area contributed by atoms with Gasteiger partial charge in [-0.2, -0.15) is 0 Å². The van der Waals surface area contributed by atoms with E-state index in [1.165, 1.54) is 37.7 Å². The summed E-state index contributed by atoms with van der Waals surface area (Å²) < 4.78 is 0. The largest absolute Gasteiger partial charge is 0.271 e. The second kappa shape index (κ2) is 6.49. The highest BCUT2D eigenvalue weighted by Crippen LogP contribution is 2.46. The SMILES string of the molecule is CC(C)CC1(C(Cc2cccnc2)NN)CCCC1. The van der Waals surface area contributed by atoms with E-state index in [9.17, 15) is 0 Å². The van der Waals surface area contributed by atoms with Gasteiger partial charge in [-0.1, -0.05) is 32.8 Å². The normalized spacial score (nSPS) is 19.8. The van der Waals surface area contributed by atoms with Crippen molar-refractivity contribution in [1.82, 2.24) is 10.4 Å². The molecule has 1 heterocycles. The summed E-state index contributed by atoms with van der Waals surface area (Å²) in [6, 6.07) is 4.52. The Balaban J connectivity index is 2.13. The first-order chi connectivity index (χ1) is 9.16. The minimum Gasteiger partial charge on any atom is -0.271 e. The van der Waals surface area contributed by atoms with E-state index in [0.29, 0.717) is 11.5 Å². The minimum absolute atomic E-state index is 0.363. The Morgan fingerprint density at radius 2 is 2.11 bits per heavy atom. The monoisotopic (exact) mass is 261 g/mol. The smallest absolute Gasteiger partial charge is 0.0307 e. The van der Waals surface area contributed by atoms with Crippen LogP contribution in [0.3, 0.4) is 0 Å². The second-order valence-corrected chi connectivity index (χ2v) is 6.45. The zero-order chi connectivity index (χ0) is 13.7. The van der Waals surface area contributed by atoms with Gasteiger partial charge in [0.05, 0.1) is 0 Å². The number of nitrogens with two attached hydrogens (primary N) is 1. The van der Waals surface area contributed by atoms with Crippen molar-refractivity contribution in [2.75, 3.05) is 0 Å². The third kappa shape index (κ3) is 3.54. The molecule has 2 rings (SSSR count). The van der Waals surface area contributed by atoms with E-state index in [2.05, 4.69) is 30.3 Å². The Morgan fingerprint density at radius 1 is 1.37 bits per heavy atom. The third-order valence-corrected chi connectivity index (χ3v) is 4.52. The Morgan fingerprint density at radius 3 is 2.63 bits per heavy atom. The molecule has 1 aliphatic carbocycles. The van der Waals surface area contributed by atoms with Crippen molar-refractivity contribution >= 4 is 0 Å². The minimum atomic E-state index is 0.363. The van der Waals surface area contributed by atoms with Crippen LogP contribution in [0.2, 0.25) is 0 Å². The van der Waals surface area contributed by atoms with Gasteiger partial charge in [-0.3, -0.25) is 16.3 Å². The maximum absolute atomic E-state index is 5.89. The Hall–Kier alpha value is -0.930. The van der Waals surface area contributed by atoms with Gasteiger partial charge in [0.15, 0.2) is 0 Å². The Kier molecular flexibility index (Phi) is 4.94. The molecule has 0 aromatic carbocycles. The summed E-state index contributed by atoms with van der Waals surface area (Å²) in [5, 5.41) is 0. The van der Waals surface area contributed by atoms with E-state index in [-0.39, 0.29) is 0 Å². The van der Waals surface area contributed by atoms with Crippen LogP contribution in [0.15, 0.2) is 24.5 Å². The van der Waals surface area contributed by atoms with Crippen molar-refractivity contribution in [3.05, 3.63) is 30.1 Å². The van der Waals surface area contributed by atoms with Crippen LogP contribution in [0.5, 0.6) is 0 Å². The molecule has 106 valence electrons. The van der Waals surface area contributed by atoms with Crippen molar-refractivity contribution in [3.8, 4) is 0 Å². The van der Waals surface area contributed by atoms with Gasteiger partial charge in [0.25, 0.3) is 0 Å². The average Bonchev–Trinajstić information content (AvgIpc) is 2.85. The van der Waals surface area contributed by atoms with E-state index >= 15 is 0 Å². The van der Waals surface area contributed by atoms with Crippen molar-refractivity contribution < 1.29 is 0 Å². The van der Waals surface area contributed by atoms with E-state index in [0.717, 1.165) is 12.3 Å². The summed E-state index contributed by atoms with van der Waals surface area (Å²) in [6.07, 6.45) is 11.3. The molecule has 1 atom stereocenters. The highest BCUT2D eigenvalue weighted by Gasteiger charge is 2.41. The van der Waals surface area contributed by atoms with Crippen LogP contribution in [-0.4, -0.2) is 11.0 Å². The molecule has 1 aromatic rings. The molecule has 0 bridgehead atoms. The Bertz CT molecular complexity index is 369. The molecule has 1 aromatic heterocycles. The molecule has 3 nitrogen and oxygen atoms in total. The van der Waals surface area contributed by atoms with Crippen molar-refractivity contribution in [3.63, 3.8) is 0 Å². The summed E-state index contributed by atoms with van der Waals surface area (Å²) in [4.78, 5) is 4.21. The first-order valence-corrected chi connectivity index (χ1v) is 7.51. The summed E-state index contributed by atoms with van der Waals surface area (Å²) in [5.74, 6) is 6.62. The highest BCUT2D eigenvalue weighted by molar-refractivity contribution is 5.12. The lowest BCUT2D eigenvalue weighted by Crippen LogP contribution is -2.49. The van der Waals surface area contributed by atoms with E-state index in [1.807, 2.05) is 18.5 Å². The van der Waals surface area contributed by atoms with Crippen molar-refractivity contribution in [2.24, 2.45) is 17.2 Å². The summed E-state index contributed by atoms with van der Waals surface area (Å²) >= 11 is 0. The molecule has 1 unspecified atom stereocenters. The van der Waals surface area contributed by atoms with E-state index < -0.39 is 0 Å². The lowest BCUT2D eigenvalue weighted by Gasteiger charge is -2.39. The molecule has 0 radical (unpaired) electrons. The van der Waals surface area contributed by atoms with Gasteiger partial charge in [-0.15, -0.1) is 0 Å². The van der Waals surface area contributed by atoms with Crippen LogP contribution in [0.1, 0.15) is 51.5 Å². The Labute approximate surface area is 117 Å². The fourth-order valence-corrected chi connectivity index (χ4v) is 3.79. The molecule has 0 spiro atoms. The van der Waals surface area contributed by atoms with Gasteiger partial charge >= 0.3 is 0 Å². The predicted octanol–water partition coefficient (Wildman–Crippen LogP) is 3.06. The molecule has 1 fully saturated rings. The molecule has 0 amide bonds. The zero-order valence-electron chi connectivity index (χ0n) is 12.2. The van der Waals surface area contributed by atoms with Gasteiger partial charge < -0.3 is 0 Å². The maximum atomic E-state index is 5.89. The first kappa shape index (κ1) is 14.5. The number of nitrogens with zero attached hydrogens (tertiary/aromatic N) is 1. The standard InChI is InChI=1S/C16H27N3/c1-13(2)11-16(7-3-4-8-16)15(19-17)10-14-6-5-9-18-12-14/h5-6,9,12-13,15,19H,3-4,7-8,10-11,17H2,1-2H3. The summed E-state index contributed by atoms with van der Waals surface area (Å²) in [5.41, 5.74) is 4.76. The van der Waals surface area contributed by atoms with Crippen LogP contribution >= 0.6 is 0 Å². The van der Waals surface area contributed by atoms with Crippen LogP contribution in [0.25, 0.3) is 0 Å². The van der Waals surface area contributed by atoms with Crippen LogP contribution in [0.4, 0.5) is 0 Å². The van der Waals surface area contributed by atoms with E-state index in [1.54, 1.807) is 0 Å². The molecule has 3 N–H and O–H groups in total. The number of aromatic nitrogens is 1. The highest BCUT2D eigenvalue weighted by atomic mass is 15.2. The molecule has 19 heavy (non-hydrogen) atoms. The van der Waals surface area contributed by atoms with Gasteiger partial charge in [0.1, 0.15) is 0 Å². The van der Waals surface area contributed by atoms with Gasteiger partial charge in [-0.25, -0.2) is 0 Å². The summed E-state index contributed by atoms with van der Waals surface area (Å²) in [6.45, 7) is 4.63. The number of hydrogen-bond acceptors (Lipinski definition) is 3. The van der Waals surface area contributed by atoms with E-state index in [4.69, 9.17) is 5.84 Å². The van der Waals surface area contributed by atoms with Gasteiger partial charge in [0, 0.05) is 18.4 Å². The fourth-order valence-electron chi connectivity index (χ4n) is 3.79. The third-order valence-electron chi connectivity index (χ3n) is 4.52. The number of hydrazine groups is 1. The molecule has 3 heteroatoms. The quantitative estimate of drug-likeness (QED) is 0.611. The van der Waals surface area contributed by atoms with Crippen LogP contribution in [-0.2, 0) is 6.42 Å². The predicted molar refractivity (Wildman–Crippen MR) is 79.4 cm³/mol. The number of rotatable bonds is 6. The van der Waals surface area contributed by atoms with Crippen molar-refractivity contribution in [1.29, 1.82) is 0 Å². The molecular weight excluding hydrogens is 234 g/mol. The van der Waals surface area contributed by atoms with Crippen LogP contribution in [0, 0.1) is 11.3 Å². The fraction of sp³-hybridized carbons (Fsp3) is 0.688. The molecular formula is C16H27N3. The second-order valence-electron chi connectivity index (χ2n) is 6.45. The number of hydrogen-bond donors (Lipinski definition) is 2.